The second-order valence-electron chi connectivity index (χ2n) is 5.11. The summed E-state index contributed by atoms with van der Waals surface area (Å²) < 4.78 is 0. The molecule has 0 saturated heterocycles. The van der Waals surface area contributed by atoms with E-state index in [9.17, 15) is 5.11 Å². The molecule has 82 valence electrons. The van der Waals surface area contributed by atoms with Crippen molar-refractivity contribution < 1.29 is 5.11 Å². The number of aliphatic hydroxyl groups excluding tert-OH is 1. The summed E-state index contributed by atoms with van der Waals surface area (Å²) >= 11 is 0. The Morgan fingerprint density at radius 3 is 2.71 bits per heavy atom. The molecule has 2 rings (SSSR count). The van der Waals surface area contributed by atoms with Crippen LogP contribution in [0.1, 0.15) is 45.4 Å². The summed E-state index contributed by atoms with van der Waals surface area (Å²) in [6.45, 7) is 3.44. The van der Waals surface area contributed by atoms with Crippen molar-refractivity contribution in [2.24, 2.45) is 11.8 Å². The first-order chi connectivity index (χ1) is 6.79. The molecular formula is C12H23NO. The van der Waals surface area contributed by atoms with Gasteiger partial charge in [-0.1, -0.05) is 19.8 Å². The van der Waals surface area contributed by atoms with Gasteiger partial charge in [0.1, 0.15) is 0 Å². The van der Waals surface area contributed by atoms with Gasteiger partial charge in [-0.05, 0) is 44.1 Å². The van der Waals surface area contributed by atoms with Crippen LogP contribution in [0.2, 0.25) is 0 Å². The van der Waals surface area contributed by atoms with Gasteiger partial charge in [-0.25, -0.2) is 0 Å². The lowest BCUT2D eigenvalue weighted by molar-refractivity contribution is 0.0412. The van der Waals surface area contributed by atoms with E-state index >= 15 is 0 Å². The van der Waals surface area contributed by atoms with Crippen LogP contribution in [0.15, 0.2) is 0 Å². The number of hydrogen-bond acceptors (Lipinski definition) is 2. The second kappa shape index (κ2) is 4.63. The molecule has 0 radical (unpaired) electrons. The maximum Gasteiger partial charge on any atom is 0.0546 e. The zero-order chi connectivity index (χ0) is 9.97. The summed E-state index contributed by atoms with van der Waals surface area (Å²) in [5.41, 5.74) is 0. The van der Waals surface area contributed by atoms with E-state index in [-0.39, 0.29) is 6.10 Å². The van der Waals surface area contributed by atoms with Gasteiger partial charge in [0.05, 0.1) is 6.10 Å². The largest absolute Gasteiger partial charge is 0.393 e. The van der Waals surface area contributed by atoms with Crippen LogP contribution in [-0.2, 0) is 0 Å². The number of rotatable bonds is 4. The average molecular weight is 197 g/mol. The summed E-state index contributed by atoms with van der Waals surface area (Å²) in [5, 5.41) is 12.9. The fourth-order valence-corrected chi connectivity index (χ4v) is 2.98. The maximum absolute atomic E-state index is 9.18. The lowest BCUT2D eigenvalue weighted by Gasteiger charge is -2.33. The van der Waals surface area contributed by atoms with E-state index in [0.29, 0.717) is 0 Å². The van der Waals surface area contributed by atoms with Gasteiger partial charge in [-0.2, -0.15) is 0 Å². The van der Waals surface area contributed by atoms with Gasteiger partial charge < -0.3 is 10.4 Å². The highest BCUT2D eigenvalue weighted by molar-refractivity contribution is 4.86. The Morgan fingerprint density at radius 2 is 2.07 bits per heavy atom. The highest BCUT2D eigenvalue weighted by Crippen LogP contribution is 2.30. The first-order valence-electron chi connectivity index (χ1n) is 6.21. The van der Waals surface area contributed by atoms with Gasteiger partial charge in [0.25, 0.3) is 0 Å². The summed E-state index contributed by atoms with van der Waals surface area (Å²) in [5.74, 6) is 1.67. The number of nitrogens with one attached hydrogen (secondary N) is 1. The first kappa shape index (κ1) is 10.4. The SMILES string of the molecule is CCC1CCCC1NCC1CC(O)C1. The first-order valence-corrected chi connectivity index (χ1v) is 6.21. The molecule has 0 aromatic carbocycles. The van der Waals surface area contributed by atoms with Crippen LogP contribution in [0.4, 0.5) is 0 Å². The van der Waals surface area contributed by atoms with E-state index in [4.69, 9.17) is 0 Å². The summed E-state index contributed by atoms with van der Waals surface area (Å²) in [6.07, 6.45) is 7.57. The van der Waals surface area contributed by atoms with Crippen LogP contribution < -0.4 is 5.32 Å². The molecule has 2 N–H and O–H groups in total. The fraction of sp³-hybridized carbons (Fsp3) is 1.00. The van der Waals surface area contributed by atoms with E-state index in [2.05, 4.69) is 12.2 Å². The fourth-order valence-electron chi connectivity index (χ4n) is 2.98. The van der Waals surface area contributed by atoms with Crippen LogP contribution in [0.3, 0.4) is 0 Å². The number of aliphatic hydroxyl groups is 1. The molecule has 0 heterocycles. The Bertz CT molecular complexity index is 177. The van der Waals surface area contributed by atoms with Crippen molar-refractivity contribution in [1.82, 2.24) is 5.32 Å². The third-order valence-corrected chi connectivity index (χ3v) is 4.06. The monoisotopic (exact) mass is 197 g/mol. The third-order valence-electron chi connectivity index (χ3n) is 4.06. The van der Waals surface area contributed by atoms with Crippen molar-refractivity contribution in [3.05, 3.63) is 0 Å². The van der Waals surface area contributed by atoms with E-state index in [1.165, 1.54) is 25.7 Å². The summed E-state index contributed by atoms with van der Waals surface area (Å²) in [6, 6.07) is 0.776. The Balaban J connectivity index is 1.65. The van der Waals surface area contributed by atoms with Gasteiger partial charge >= 0.3 is 0 Å². The van der Waals surface area contributed by atoms with E-state index < -0.39 is 0 Å². The predicted octanol–water partition coefficient (Wildman–Crippen LogP) is 1.93. The van der Waals surface area contributed by atoms with Crippen LogP contribution in [0, 0.1) is 11.8 Å². The molecule has 0 spiro atoms. The quantitative estimate of drug-likeness (QED) is 0.721. The molecule has 2 nitrogen and oxygen atoms in total. The van der Waals surface area contributed by atoms with E-state index in [1.54, 1.807) is 0 Å². The van der Waals surface area contributed by atoms with Crippen molar-refractivity contribution in [3.63, 3.8) is 0 Å². The molecular weight excluding hydrogens is 174 g/mol. The molecule has 2 aliphatic carbocycles. The molecule has 0 amide bonds. The molecule has 0 bridgehead atoms. The summed E-state index contributed by atoms with van der Waals surface area (Å²) in [7, 11) is 0. The van der Waals surface area contributed by atoms with E-state index in [0.717, 1.165) is 37.3 Å². The Hall–Kier alpha value is -0.0800. The van der Waals surface area contributed by atoms with Gasteiger partial charge in [-0.3, -0.25) is 0 Å². The Morgan fingerprint density at radius 1 is 1.29 bits per heavy atom. The van der Waals surface area contributed by atoms with Crippen molar-refractivity contribution in [3.8, 4) is 0 Å². The Kier molecular flexibility index (Phi) is 3.45. The molecule has 2 unspecified atom stereocenters. The van der Waals surface area contributed by atoms with Crippen molar-refractivity contribution >= 4 is 0 Å². The molecule has 14 heavy (non-hydrogen) atoms. The van der Waals surface area contributed by atoms with Crippen molar-refractivity contribution in [2.75, 3.05) is 6.54 Å². The predicted molar refractivity (Wildman–Crippen MR) is 58.2 cm³/mol. The Labute approximate surface area is 87.1 Å². The lowest BCUT2D eigenvalue weighted by Crippen LogP contribution is -2.41. The van der Waals surface area contributed by atoms with Gasteiger partial charge in [0, 0.05) is 6.04 Å². The molecule has 2 fully saturated rings. The molecule has 0 aliphatic heterocycles. The smallest absolute Gasteiger partial charge is 0.0546 e. The third kappa shape index (κ3) is 2.29. The van der Waals surface area contributed by atoms with Crippen molar-refractivity contribution in [1.29, 1.82) is 0 Å². The molecule has 0 aromatic heterocycles. The normalized spacial score (nSPS) is 42.4. The second-order valence-corrected chi connectivity index (χ2v) is 5.11. The van der Waals surface area contributed by atoms with Crippen molar-refractivity contribution in [2.45, 2.75) is 57.6 Å². The lowest BCUT2D eigenvalue weighted by atomic mass is 9.82. The molecule has 2 atom stereocenters. The van der Waals surface area contributed by atoms with E-state index in [1.807, 2.05) is 0 Å². The van der Waals surface area contributed by atoms with Gasteiger partial charge in [-0.15, -0.1) is 0 Å². The minimum absolute atomic E-state index is 0.00681. The van der Waals surface area contributed by atoms with Crippen LogP contribution in [0.25, 0.3) is 0 Å². The highest BCUT2D eigenvalue weighted by atomic mass is 16.3. The molecule has 2 heteroatoms. The molecule has 2 aliphatic rings. The minimum atomic E-state index is 0.00681. The molecule has 0 aromatic rings. The van der Waals surface area contributed by atoms with Crippen LogP contribution in [-0.4, -0.2) is 23.8 Å². The highest BCUT2D eigenvalue weighted by Gasteiger charge is 2.30. The minimum Gasteiger partial charge on any atom is -0.393 e. The zero-order valence-corrected chi connectivity index (χ0v) is 9.21. The standard InChI is InChI=1S/C12H23NO/c1-2-10-4-3-5-12(10)13-8-9-6-11(14)7-9/h9-14H,2-8H2,1H3. The topological polar surface area (TPSA) is 32.3 Å². The van der Waals surface area contributed by atoms with Crippen LogP contribution in [0.5, 0.6) is 0 Å². The number of hydrogen-bond donors (Lipinski definition) is 2. The average Bonchev–Trinajstić information content (AvgIpc) is 2.57. The summed E-state index contributed by atoms with van der Waals surface area (Å²) in [4.78, 5) is 0. The zero-order valence-electron chi connectivity index (χ0n) is 9.21. The van der Waals surface area contributed by atoms with Crippen LogP contribution >= 0.6 is 0 Å². The molecule has 2 saturated carbocycles. The maximum atomic E-state index is 9.18. The van der Waals surface area contributed by atoms with Gasteiger partial charge in [0.15, 0.2) is 0 Å². The van der Waals surface area contributed by atoms with Gasteiger partial charge in [0.2, 0.25) is 0 Å².